The van der Waals surface area contributed by atoms with Crippen molar-refractivity contribution in [2.75, 3.05) is 6.54 Å². The molecule has 0 saturated heterocycles. The summed E-state index contributed by atoms with van der Waals surface area (Å²) in [6.45, 7) is 4.02. The van der Waals surface area contributed by atoms with Gasteiger partial charge in [-0.15, -0.1) is 0 Å². The second-order valence-electron chi connectivity index (χ2n) is 4.86. The average Bonchev–Trinajstić information content (AvgIpc) is 2.38. The van der Waals surface area contributed by atoms with E-state index in [1.165, 1.54) is 37.7 Å². The van der Waals surface area contributed by atoms with Crippen LogP contribution in [0.2, 0.25) is 0 Å². The Morgan fingerprint density at radius 2 is 2.24 bits per heavy atom. The van der Waals surface area contributed by atoms with Crippen molar-refractivity contribution in [1.29, 1.82) is 0 Å². The molecule has 1 heterocycles. The van der Waals surface area contributed by atoms with Crippen LogP contribution in [0.25, 0.3) is 0 Å². The van der Waals surface area contributed by atoms with E-state index < -0.39 is 0 Å². The number of hydrogen-bond acceptors (Lipinski definition) is 2. The summed E-state index contributed by atoms with van der Waals surface area (Å²) >= 11 is 0. The Bertz CT molecular complexity index is 365. The molecule has 0 fully saturated rings. The van der Waals surface area contributed by atoms with Crippen LogP contribution in [-0.4, -0.2) is 11.5 Å². The molecule has 1 N–H and O–H groups in total. The van der Waals surface area contributed by atoms with Gasteiger partial charge in [-0.25, -0.2) is 0 Å². The van der Waals surface area contributed by atoms with Crippen molar-refractivity contribution < 1.29 is 0 Å². The molecule has 2 nitrogen and oxygen atoms in total. The van der Waals surface area contributed by atoms with Crippen LogP contribution < -0.4 is 5.32 Å². The molecule has 0 spiro atoms. The number of aromatic nitrogens is 1. The van der Waals surface area contributed by atoms with E-state index in [0.29, 0.717) is 0 Å². The minimum atomic E-state index is 0.883. The molecule has 0 unspecified atom stereocenters. The molecule has 17 heavy (non-hydrogen) atoms. The second kappa shape index (κ2) is 6.55. The van der Waals surface area contributed by atoms with Crippen LogP contribution in [0.5, 0.6) is 0 Å². The molecule has 1 aromatic rings. The monoisotopic (exact) mass is 230 g/mol. The Hall–Kier alpha value is -1.15. The van der Waals surface area contributed by atoms with Crippen LogP contribution >= 0.6 is 0 Å². The molecular formula is C15H22N2. The lowest BCUT2D eigenvalue weighted by atomic mass is 9.97. The zero-order valence-corrected chi connectivity index (χ0v) is 10.7. The molecular weight excluding hydrogens is 208 g/mol. The first kappa shape index (κ1) is 12.3. The van der Waals surface area contributed by atoms with E-state index in [4.69, 9.17) is 0 Å². The minimum Gasteiger partial charge on any atom is -0.311 e. The largest absolute Gasteiger partial charge is 0.311 e. The highest BCUT2D eigenvalue weighted by Gasteiger charge is 2.02. The van der Waals surface area contributed by atoms with Crippen molar-refractivity contribution in [1.82, 2.24) is 10.3 Å². The summed E-state index contributed by atoms with van der Waals surface area (Å²) in [4.78, 5) is 4.39. The highest BCUT2D eigenvalue weighted by atomic mass is 14.9. The molecule has 0 aliphatic heterocycles. The molecule has 0 bridgehead atoms. The lowest BCUT2D eigenvalue weighted by molar-refractivity contribution is 0.627. The van der Waals surface area contributed by atoms with Crippen molar-refractivity contribution in [3.8, 4) is 0 Å². The number of pyridine rings is 1. The predicted octanol–water partition coefficient (Wildman–Crippen LogP) is 3.37. The van der Waals surface area contributed by atoms with Gasteiger partial charge in [0, 0.05) is 12.7 Å². The Morgan fingerprint density at radius 3 is 2.94 bits per heavy atom. The molecule has 92 valence electrons. The van der Waals surface area contributed by atoms with Crippen molar-refractivity contribution in [3.63, 3.8) is 0 Å². The Morgan fingerprint density at radius 1 is 1.29 bits per heavy atom. The third-order valence-electron chi connectivity index (χ3n) is 3.29. The van der Waals surface area contributed by atoms with E-state index in [1.807, 2.05) is 6.20 Å². The van der Waals surface area contributed by atoms with Gasteiger partial charge in [0.1, 0.15) is 0 Å². The number of allylic oxidation sites excluding steroid dienone is 1. The van der Waals surface area contributed by atoms with Gasteiger partial charge < -0.3 is 5.32 Å². The van der Waals surface area contributed by atoms with E-state index >= 15 is 0 Å². The number of rotatable bonds is 5. The average molecular weight is 230 g/mol. The zero-order valence-electron chi connectivity index (χ0n) is 10.7. The summed E-state index contributed by atoms with van der Waals surface area (Å²) in [5.41, 5.74) is 4.00. The third kappa shape index (κ3) is 4.31. The van der Waals surface area contributed by atoms with Crippen LogP contribution in [0.4, 0.5) is 0 Å². The van der Waals surface area contributed by atoms with Crippen LogP contribution in [0, 0.1) is 6.92 Å². The molecule has 0 atom stereocenters. The SMILES string of the molecule is Cc1ccc(CNCCC2=CCCCC2)nc1. The van der Waals surface area contributed by atoms with E-state index in [0.717, 1.165) is 18.8 Å². The van der Waals surface area contributed by atoms with Crippen LogP contribution in [0.3, 0.4) is 0 Å². The molecule has 2 heteroatoms. The van der Waals surface area contributed by atoms with Crippen molar-refractivity contribution in [2.45, 2.75) is 45.6 Å². The fourth-order valence-corrected chi connectivity index (χ4v) is 2.20. The lowest BCUT2D eigenvalue weighted by Gasteiger charge is -2.12. The maximum absolute atomic E-state index is 4.39. The summed E-state index contributed by atoms with van der Waals surface area (Å²) in [6.07, 6.45) is 10.9. The Balaban J connectivity index is 1.66. The standard InChI is InChI=1S/C15H22N2/c1-13-7-8-15(17-11-13)12-16-10-9-14-5-3-2-4-6-14/h5,7-8,11,16H,2-4,6,9-10,12H2,1H3. The van der Waals surface area contributed by atoms with Gasteiger partial charge in [-0.05, 0) is 57.2 Å². The van der Waals surface area contributed by atoms with Gasteiger partial charge in [-0.3, -0.25) is 4.98 Å². The first-order chi connectivity index (χ1) is 8.34. The van der Waals surface area contributed by atoms with E-state index in [2.05, 4.69) is 35.4 Å². The predicted molar refractivity (Wildman–Crippen MR) is 71.8 cm³/mol. The first-order valence-corrected chi connectivity index (χ1v) is 6.65. The molecule has 0 radical (unpaired) electrons. The summed E-state index contributed by atoms with van der Waals surface area (Å²) in [6, 6.07) is 4.22. The van der Waals surface area contributed by atoms with E-state index in [9.17, 15) is 0 Å². The van der Waals surface area contributed by atoms with E-state index in [1.54, 1.807) is 5.57 Å². The van der Waals surface area contributed by atoms with Gasteiger partial charge in [0.05, 0.1) is 5.69 Å². The highest BCUT2D eigenvalue weighted by Crippen LogP contribution is 2.19. The smallest absolute Gasteiger partial charge is 0.0541 e. The summed E-state index contributed by atoms with van der Waals surface area (Å²) in [7, 11) is 0. The summed E-state index contributed by atoms with van der Waals surface area (Å²) < 4.78 is 0. The second-order valence-corrected chi connectivity index (χ2v) is 4.86. The highest BCUT2D eigenvalue weighted by molar-refractivity contribution is 5.12. The zero-order chi connectivity index (χ0) is 11.9. The number of hydrogen-bond donors (Lipinski definition) is 1. The van der Waals surface area contributed by atoms with Gasteiger partial charge in [0.2, 0.25) is 0 Å². The molecule has 2 rings (SSSR count). The Labute approximate surface area is 104 Å². The fraction of sp³-hybridized carbons (Fsp3) is 0.533. The van der Waals surface area contributed by atoms with Crippen LogP contribution in [-0.2, 0) is 6.54 Å². The quantitative estimate of drug-likeness (QED) is 0.619. The Kier molecular flexibility index (Phi) is 4.75. The molecule has 1 aliphatic carbocycles. The van der Waals surface area contributed by atoms with Crippen molar-refractivity contribution in [3.05, 3.63) is 41.2 Å². The molecule has 0 amide bonds. The van der Waals surface area contributed by atoms with Crippen molar-refractivity contribution in [2.24, 2.45) is 0 Å². The normalized spacial score (nSPS) is 15.7. The van der Waals surface area contributed by atoms with Gasteiger partial charge in [0.15, 0.2) is 0 Å². The maximum Gasteiger partial charge on any atom is 0.0541 e. The summed E-state index contributed by atoms with van der Waals surface area (Å²) in [5, 5.41) is 3.47. The number of nitrogens with zero attached hydrogens (tertiary/aromatic N) is 1. The third-order valence-corrected chi connectivity index (χ3v) is 3.29. The van der Waals surface area contributed by atoms with Gasteiger partial charge in [-0.2, -0.15) is 0 Å². The number of aryl methyl sites for hydroxylation is 1. The van der Waals surface area contributed by atoms with Crippen LogP contribution in [0.15, 0.2) is 30.0 Å². The first-order valence-electron chi connectivity index (χ1n) is 6.65. The van der Waals surface area contributed by atoms with Gasteiger partial charge >= 0.3 is 0 Å². The lowest BCUT2D eigenvalue weighted by Crippen LogP contribution is -2.16. The van der Waals surface area contributed by atoms with Gasteiger partial charge in [0.25, 0.3) is 0 Å². The van der Waals surface area contributed by atoms with Crippen LogP contribution in [0.1, 0.15) is 43.4 Å². The number of nitrogens with one attached hydrogen (secondary N) is 1. The minimum absolute atomic E-state index is 0.883. The van der Waals surface area contributed by atoms with Gasteiger partial charge in [-0.1, -0.05) is 17.7 Å². The van der Waals surface area contributed by atoms with Crippen molar-refractivity contribution >= 4 is 0 Å². The molecule has 0 aromatic carbocycles. The topological polar surface area (TPSA) is 24.9 Å². The summed E-state index contributed by atoms with van der Waals surface area (Å²) in [5.74, 6) is 0. The van der Waals surface area contributed by atoms with E-state index in [-0.39, 0.29) is 0 Å². The molecule has 0 saturated carbocycles. The molecule has 1 aromatic heterocycles. The molecule has 1 aliphatic rings. The fourth-order valence-electron chi connectivity index (χ4n) is 2.20. The maximum atomic E-state index is 4.39.